The first-order valence-electron chi connectivity index (χ1n) is 9.62. The molecule has 1 fully saturated rings. The molecule has 0 unspecified atom stereocenters. The standard InChI is InChI=1S/C22H26N4O3/c1-15-5-3-8-19(16(15)2)24-20(27)14-25-9-11-26(12-10-25)22(29)18-7-4-6-17(13-18)21(23)28/h3-8,13H,9-12,14H2,1-2H3,(H2,23,28)(H,24,27). The molecular formula is C22H26N4O3. The van der Waals surface area contributed by atoms with E-state index in [0.29, 0.717) is 37.3 Å². The normalized spacial score (nSPS) is 14.5. The number of nitrogens with two attached hydrogens (primary N) is 1. The summed E-state index contributed by atoms with van der Waals surface area (Å²) in [6.07, 6.45) is 0. The van der Waals surface area contributed by atoms with Crippen LogP contribution in [0.3, 0.4) is 0 Å². The van der Waals surface area contributed by atoms with Crippen LogP contribution in [-0.4, -0.2) is 60.2 Å². The van der Waals surface area contributed by atoms with Crippen molar-refractivity contribution in [3.8, 4) is 0 Å². The van der Waals surface area contributed by atoms with E-state index in [1.165, 1.54) is 6.07 Å². The monoisotopic (exact) mass is 394 g/mol. The van der Waals surface area contributed by atoms with Gasteiger partial charge in [-0.15, -0.1) is 0 Å². The minimum Gasteiger partial charge on any atom is -0.366 e. The van der Waals surface area contributed by atoms with Gasteiger partial charge in [0.25, 0.3) is 5.91 Å². The Hall–Kier alpha value is -3.19. The second-order valence-corrected chi connectivity index (χ2v) is 7.31. The summed E-state index contributed by atoms with van der Waals surface area (Å²) in [6.45, 7) is 6.56. The predicted octanol–water partition coefficient (Wildman–Crippen LogP) is 1.80. The highest BCUT2D eigenvalue weighted by Crippen LogP contribution is 2.18. The molecule has 152 valence electrons. The number of piperazine rings is 1. The number of hydrogen-bond donors (Lipinski definition) is 2. The molecule has 0 aromatic heterocycles. The maximum absolute atomic E-state index is 12.7. The number of aryl methyl sites for hydroxylation is 1. The largest absolute Gasteiger partial charge is 0.366 e. The van der Waals surface area contributed by atoms with Crippen molar-refractivity contribution in [1.82, 2.24) is 9.80 Å². The number of carbonyl (C=O) groups is 3. The summed E-state index contributed by atoms with van der Waals surface area (Å²) in [4.78, 5) is 40.2. The third kappa shape index (κ3) is 5.00. The highest BCUT2D eigenvalue weighted by atomic mass is 16.2. The zero-order valence-electron chi connectivity index (χ0n) is 16.8. The van der Waals surface area contributed by atoms with E-state index in [9.17, 15) is 14.4 Å². The van der Waals surface area contributed by atoms with Gasteiger partial charge >= 0.3 is 0 Å². The summed E-state index contributed by atoms with van der Waals surface area (Å²) in [7, 11) is 0. The van der Waals surface area contributed by atoms with Gasteiger partial charge in [-0.2, -0.15) is 0 Å². The van der Waals surface area contributed by atoms with Gasteiger partial charge in [0.2, 0.25) is 11.8 Å². The number of hydrogen-bond acceptors (Lipinski definition) is 4. The number of rotatable bonds is 5. The van der Waals surface area contributed by atoms with Gasteiger partial charge in [0.05, 0.1) is 6.54 Å². The number of carbonyl (C=O) groups excluding carboxylic acids is 3. The Bertz CT molecular complexity index is 933. The lowest BCUT2D eigenvalue weighted by molar-refractivity contribution is -0.117. The molecule has 3 amide bonds. The number of primary amides is 1. The van der Waals surface area contributed by atoms with Crippen LogP contribution in [0.15, 0.2) is 42.5 Å². The van der Waals surface area contributed by atoms with Crippen molar-refractivity contribution < 1.29 is 14.4 Å². The molecule has 1 heterocycles. The maximum atomic E-state index is 12.7. The van der Waals surface area contributed by atoms with Crippen LogP contribution in [-0.2, 0) is 4.79 Å². The van der Waals surface area contributed by atoms with E-state index in [-0.39, 0.29) is 18.4 Å². The van der Waals surface area contributed by atoms with Crippen LogP contribution in [0.2, 0.25) is 0 Å². The van der Waals surface area contributed by atoms with Crippen molar-refractivity contribution in [2.45, 2.75) is 13.8 Å². The molecule has 0 spiro atoms. The van der Waals surface area contributed by atoms with Gasteiger partial charge in [-0.3, -0.25) is 19.3 Å². The van der Waals surface area contributed by atoms with Gasteiger partial charge in [0.1, 0.15) is 0 Å². The van der Waals surface area contributed by atoms with Crippen molar-refractivity contribution >= 4 is 23.4 Å². The molecule has 1 saturated heterocycles. The molecule has 0 atom stereocenters. The lowest BCUT2D eigenvalue weighted by Gasteiger charge is -2.34. The maximum Gasteiger partial charge on any atom is 0.253 e. The minimum absolute atomic E-state index is 0.0624. The number of anilines is 1. The van der Waals surface area contributed by atoms with Crippen molar-refractivity contribution in [3.05, 3.63) is 64.7 Å². The van der Waals surface area contributed by atoms with Crippen LogP contribution in [0.5, 0.6) is 0 Å². The van der Waals surface area contributed by atoms with Gasteiger partial charge in [0.15, 0.2) is 0 Å². The number of amides is 3. The summed E-state index contributed by atoms with van der Waals surface area (Å²) in [5.74, 6) is -0.750. The number of nitrogens with one attached hydrogen (secondary N) is 1. The topological polar surface area (TPSA) is 95.7 Å². The van der Waals surface area contributed by atoms with Crippen LogP contribution in [0.25, 0.3) is 0 Å². The third-order valence-corrected chi connectivity index (χ3v) is 5.30. The van der Waals surface area contributed by atoms with E-state index in [1.54, 1.807) is 23.1 Å². The van der Waals surface area contributed by atoms with Crippen LogP contribution in [0.1, 0.15) is 31.8 Å². The molecule has 3 rings (SSSR count). The average molecular weight is 394 g/mol. The highest BCUT2D eigenvalue weighted by Gasteiger charge is 2.23. The number of nitrogens with zero attached hydrogens (tertiary/aromatic N) is 2. The zero-order chi connectivity index (χ0) is 21.0. The first kappa shape index (κ1) is 20.5. The first-order valence-corrected chi connectivity index (χ1v) is 9.62. The van der Waals surface area contributed by atoms with Crippen LogP contribution in [0.4, 0.5) is 5.69 Å². The fourth-order valence-corrected chi connectivity index (χ4v) is 3.38. The Kier molecular flexibility index (Phi) is 6.29. The molecule has 7 nitrogen and oxygen atoms in total. The van der Waals surface area contributed by atoms with Crippen LogP contribution >= 0.6 is 0 Å². The van der Waals surface area contributed by atoms with Crippen molar-refractivity contribution in [2.24, 2.45) is 5.73 Å². The fourth-order valence-electron chi connectivity index (χ4n) is 3.38. The number of benzene rings is 2. The fraction of sp³-hybridized carbons (Fsp3) is 0.318. The first-order chi connectivity index (χ1) is 13.8. The second-order valence-electron chi connectivity index (χ2n) is 7.31. The smallest absolute Gasteiger partial charge is 0.253 e. The average Bonchev–Trinajstić information content (AvgIpc) is 2.71. The molecule has 0 saturated carbocycles. The van der Waals surface area contributed by atoms with Crippen molar-refractivity contribution in [3.63, 3.8) is 0 Å². The van der Waals surface area contributed by atoms with Crippen LogP contribution < -0.4 is 11.1 Å². The minimum atomic E-state index is -0.556. The van der Waals surface area contributed by atoms with Crippen molar-refractivity contribution in [2.75, 3.05) is 38.0 Å². The molecule has 2 aromatic rings. The van der Waals surface area contributed by atoms with E-state index < -0.39 is 5.91 Å². The lowest BCUT2D eigenvalue weighted by Crippen LogP contribution is -2.50. The molecule has 0 bridgehead atoms. The lowest BCUT2D eigenvalue weighted by atomic mass is 10.1. The molecule has 2 aromatic carbocycles. The molecule has 7 heteroatoms. The Morgan fingerprint density at radius 3 is 2.31 bits per heavy atom. The molecule has 1 aliphatic heterocycles. The molecule has 1 aliphatic rings. The molecule has 3 N–H and O–H groups in total. The Morgan fingerprint density at radius 1 is 0.966 bits per heavy atom. The summed E-state index contributed by atoms with van der Waals surface area (Å²) < 4.78 is 0. The van der Waals surface area contributed by atoms with E-state index >= 15 is 0 Å². The SMILES string of the molecule is Cc1cccc(NC(=O)CN2CCN(C(=O)c3cccc(C(N)=O)c3)CC2)c1C. The third-order valence-electron chi connectivity index (χ3n) is 5.30. The summed E-state index contributed by atoms with van der Waals surface area (Å²) in [5, 5.41) is 2.97. The van der Waals surface area contributed by atoms with Gasteiger partial charge in [0, 0.05) is 43.0 Å². The summed E-state index contributed by atoms with van der Waals surface area (Å²) in [6, 6.07) is 12.3. The van der Waals surface area contributed by atoms with Gasteiger partial charge in [-0.25, -0.2) is 0 Å². The molecular weight excluding hydrogens is 368 g/mol. The summed E-state index contributed by atoms with van der Waals surface area (Å²) in [5.41, 5.74) is 9.08. The molecule has 0 aliphatic carbocycles. The predicted molar refractivity (Wildman–Crippen MR) is 112 cm³/mol. The second kappa shape index (κ2) is 8.87. The summed E-state index contributed by atoms with van der Waals surface area (Å²) >= 11 is 0. The van der Waals surface area contributed by atoms with E-state index in [0.717, 1.165) is 16.8 Å². The van der Waals surface area contributed by atoms with Crippen molar-refractivity contribution in [1.29, 1.82) is 0 Å². The van der Waals surface area contributed by atoms with E-state index in [4.69, 9.17) is 5.73 Å². The van der Waals surface area contributed by atoms with Gasteiger partial charge in [-0.05, 0) is 49.2 Å². The van der Waals surface area contributed by atoms with Gasteiger partial charge < -0.3 is 16.0 Å². The highest BCUT2D eigenvalue weighted by molar-refractivity contribution is 5.99. The van der Waals surface area contributed by atoms with E-state index in [1.807, 2.05) is 36.9 Å². The van der Waals surface area contributed by atoms with Crippen LogP contribution in [0, 0.1) is 13.8 Å². The molecule has 0 radical (unpaired) electrons. The molecule has 29 heavy (non-hydrogen) atoms. The Balaban J connectivity index is 1.53. The van der Waals surface area contributed by atoms with Gasteiger partial charge in [-0.1, -0.05) is 18.2 Å². The quantitative estimate of drug-likeness (QED) is 0.808. The Labute approximate surface area is 170 Å². The Morgan fingerprint density at radius 2 is 1.62 bits per heavy atom. The zero-order valence-corrected chi connectivity index (χ0v) is 16.8. The van der Waals surface area contributed by atoms with E-state index in [2.05, 4.69) is 5.32 Å².